The lowest BCUT2D eigenvalue weighted by molar-refractivity contribution is -0.139. The van der Waals surface area contributed by atoms with Crippen LogP contribution in [0.5, 0.6) is 0 Å². The van der Waals surface area contributed by atoms with Crippen molar-refractivity contribution in [1.29, 1.82) is 0 Å². The Labute approximate surface area is 118 Å². The van der Waals surface area contributed by atoms with Gasteiger partial charge >= 0.3 is 5.97 Å². The molecule has 1 aliphatic rings. The summed E-state index contributed by atoms with van der Waals surface area (Å²) in [5, 5.41) is 13.6. The minimum absolute atomic E-state index is 0.247. The molecule has 0 radical (unpaired) electrons. The largest absolute Gasteiger partial charge is 0.481 e. The number of nitrogens with zero attached hydrogens (tertiary/aromatic N) is 3. The third-order valence-electron chi connectivity index (χ3n) is 3.20. The van der Waals surface area contributed by atoms with E-state index in [2.05, 4.69) is 15.3 Å². The van der Waals surface area contributed by atoms with E-state index in [1.54, 1.807) is 4.90 Å². The lowest BCUT2D eigenvalue weighted by Gasteiger charge is -2.35. The quantitative estimate of drug-likeness (QED) is 0.854. The van der Waals surface area contributed by atoms with Gasteiger partial charge in [-0.15, -0.1) is 11.3 Å². The first-order valence-corrected chi connectivity index (χ1v) is 6.99. The molecule has 3 rings (SSSR count). The van der Waals surface area contributed by atoms with E-state index in [0.29, 0.717) is 18.9 Å². The number of anilines is 1. The Kier molecular flexibility index (Phi) is 3.23. The predicted octanol–water partition coefficient (Wildman–Crippen LogP) is 0.471. The zero-order valence-corrected chi connectivity index (χ0v) is 11.3. The molecular weight excluding hydrogens is 280 g/mol. The highest BCUT2D eigenvalue weighted by Gasteiger charge is 2.33. The number of rotatable bonds is 3. The molecule has 0 aliphatic carbocycles. The van der Waals surface area contributed by atoms with Gasteiger partial charge in [-0.3, -0.25) is 9.59 Å². The van der Waals surface area contributed by atoms with Gasteiger partial charge in [0, 0.05) is 13.1 Å². The number of thiophene rings is 1. The molecule has 104 valence electrons. The van der Waals surface area contributed by atoms with E-state index in [9.17, 15) is 9.59 Å². The van der Waals surface area contributed by atoms with Crippen LogP contribution in [0.3, 0.4) is 0 Å². The molecule has 1 aliphatic heterocycles. The van der Waals surface area contributed by atoms with Crippen molar-refractivity contribution >= 4 is 39.2 Å². The lowest BCUT2D eigenvalue weighted by atomic mass is 10.1. The summed E-state index contributed by atoms with van der Waals surface area (Å²) in [4.78, 5) is 33.1. The molecule has 0 spiro atoms. The van der Waals surface area contributed by atoms with E-state index >= 15 is 0 Å². The standard InChI is InChI=1S/C12H12N4O3S/c17-9(18)5-8-12(19)13-2-3-16(8)11-10-7(1-4-20-10)14-6-15-11/h1,4,6,8H,2-3,5H2,(H,13,19)(H,17,18). The van der Waals surface area contributed by atoms with Crippen molar-refractivity contribution in [1.82, 2.24) is 15.3 Å². The summed E-state index contributed by atoms with van der Waals surface area (Å²) in [5.74, 6) is -0.651. The molecule has 0 aromatic carbocycles. The highest BCUT2D eigenvalue weighted by Crippen LogP contribution is 2.30. The average molecular weight is 292 g/mol. The van der Waals surface area contributed by atoms with Crippen molar-refractivity contribution in [3.63, 3.8) is 0 Å². The zero-order chi connectivity index (χ0) is 14.1. The van der Waals surface area contributed by atoms with Crippen LogP contribution >= 0.6 is 11.3 Å². The van der Waals surface area contributed by atoms with Crippen molar-refractivity contribution in [2.75, 3.05) is 18.0 Å². The SMILES string of the molecule is O=C(O)CC1C(=O)NCCN1c1ncnc2ccsc12. The fraction of sp³-hybridized carbons (Fsp3) is 0.333. The average Bonchev–Trinajstić information content (AvgIpc) is 2.89. The van der Waals surface area contributed by atoms with Gasteiger partial charge < -0.3 is 15.3 Å². The molecule has 2 N–H and O–H groups in total. The van der Waals surface area contributed by atoms with Crippen LogP contribution in [0, 0.1) is 0 Å². The molecule has 1 unspecified atom stereocenters. The van der Waals surface area contributed by atoms with Crippen molar-refractivity contribution in [2.24, 2.45) is 0 Å². The number of carbonyl (C=O) groups is 2. The second kappa shape index (κ2) is 5.04. The minimum Gasteiger partial charge on any atom is -0.481 e. The number of carboxylic acids is 1. The van der Waals surface area contributed by atoms with E-state index in [0.717, 1.165) is 10.2 Å². The Bertz CT molecular complexity index is 672. The van der Waals surface area contributed by atoms with Crippen LogP contribution < -0.4 is 10.2 Å². The van der Waals surface area contributed by atoms with E-state index in [4.69, 9.17) is 5.11 Å². The van der Waals surface area contributed by atoms with Gasteiger partial charge in [0.05, 0.1) is 16.6 Å². The molecule has 0 bridgehead atoms. The van der Waals surface area contributed by atoms with Crippen LogP contribution in [0.15, 0.2) is 17.8 Å². The summed E-state index contributed by atoms with van der Waals surface area (Å²) in [6.45, 7) is 1.01. The zero-order valence-electron chi connectivity index (χ0n) is 10.4. The van der Waals surface area contributed by atoms with E-state index < -0.39 is 12.0 Å². The van der Waals surface area contributed by atoms with Crippen LogP contribution in [0.4, 0.5) is 5.82 Å². The van der Waals surface area contributed by atoms with Crippen LogP contribution in [-0.4, -0.2) is 46.1 Å². The molecule has 20 heavy (non-hydrogen) atoms. The van der Waals surface area contributed by atoms with Crippen LogP contribution in [-0.2, 0) is 9.59 Å². The number of amides is 1. The predicted molar refractivity (Wildman–Crippen MR) is 73.8 cm³/mol. The normalized spacial score (nSPS) is 19.1. The molecule has 1 saturated heterocycles. The second-order valence-electron chi connectivity index (χ2n) is 4.43. The number of carboxylic acid groups (broad SMARTS) is 1. The van der Waals surface area contributed by atoms with E-state index in [-0.39, 0.29) is 12.3 Å². The fourth-order valence-electron chi connectivity index (χ4n) is 2.32. The number of nitrogens with one attached hydrogen (secondary N) is 1. The topological polar surface area (TPSA) is 95.4 Å². The van der Waals surface area contributed by atoms with E-state index in [1.807, 2.05) is 11.4 Å². The number of carbonyl (C=O) groups excluding carboxylic acids is 1. The smallest absolute Gasteiger partial charge is 0.305 e. The Hall–Kier alpha value is -2.22. The van der Waals surface area contributed by atoms with Crippen molar-refractivity contribution in [2.45, 2.75) is 12.5 Å². The maximum absolute atomic E-state index is 11.9. The molecule has 2 aromatic rings. The molecule has 0 saturated carbocycles. The Morgan fingerprint density at radius 2 is 2.40 bits per heavy atom. The molecule has 7 nitrogen and oxygen atoms in total. The number of aromatic nitrogens is 2. The Morgan fingerprint density at radius 3 is 3.20 bits per heavy atom. The first-order valence-electron chi connectivity index (χ1n) is 6.11. The van der Waals surface area contributed by atoms with Gasteiger partial charge in [0.15, 0.2) is 5.82 Å². The van der Waals surface area contributed by atoms with Gasteiger partial charge in [-0.25, -0.2) is 9.97 Å². The molecule has 8 heteroatoms. The van der Waals surface area contributed by atoms with Crippen molar-refractivity contribution in [3.05, 3.63) is 17.8 Å². The number of hydrogen-bond acceptors (Lipinski definition) is 6. The Morgan fingerprint density at radius 1 is 1.55 bits per heavy atom. The van der Waals surface area contributed by atoms with Gasteiger partial charge in [-0.2, -0.15) is 0 Å². The Balaban J connectivity index is 2.03. The number of piperazine rings is 1. The molecule has 1 fully saturated rings. The van der Waals surface area contributed by atoms with Gasteiger partial charge in [0.25, 0.3) is 0 Å². The number of fused-ring (bicyclic) bond motifs is 1. The fourth-order valence-corrected chi connectivity index (χ4v) is 3.17. The second-order valence-corrected chi connectivity index (χ2v) is 5.35. The molecule has 2 aromatic heterocycles. The van der Waals surface area contributed by atoms with Gasteiger partial charge in [0.1, 0.15) is 12.4 Å². The maximum Gasteiger partial charge on any atom is 0.305 e. The molecular formula is C12H12N4O3S. The van der Waals surface area contributed by atoms with Gasteiger partial charge in [0.2, 0.25) is 5.91 Å². The third kappa shape index (κ3) is 2.18. The molecule has 1 amide bonds. The maximum atomic E-state index is 11.9. The van der Waals surface area contributed by atoms with Crippen molar-refractivity contribution < 1.29 is 14.7 Å². The molecule has 3 heterocycles. The monoisotopic (exact) mass is 292 g/mol. The first-order chi connectivity index (χ1) is 9.66. The molecule has 1 atom stereocenters. The van der Waals surface area contributed by atoms with Crippen molar-refractivity contribution in [3.8, 4) is 0 Å². The van der Waals surface area contributed by atoms with Crippen LogP contribution in [0.25, 0.3) is 10.2 Å². The highest BCUT2D eigenvalue weighted by atomic mass is 32.1. The minimum atomic E-state index is -1.01. The van der Waals surface area contributed by atoms with Crippen LogP contribution in [0.2, 0.25) is 0 Å². The number of hydrogen-bond donors (Lipinski definition) is 2. The highest BCUT2D eigenvalue weighted by molar-refractivity contribution is 7.17. The summed E-state index contributed by atoms with van der Waals surface area (Å²) < 4.78 is 0.873. The van der Waals surface area contributed by atoms with Gasteiger partial charge in [-0.1, -0.05) is 0 Å². The summed E-state index contributed by atoms with van der Waals surface area (Å²) in [6.07, 6.45) is 1.19. The third-order valence-corrected chi connectivity index (χ3v) is 4.09. The number of aliphatic carboxylic acids is 1. The first kappa shape index (κ1) is 12.8. The van der Waals surface area contributed by atoms with Gasteiger partial charge in [-0.05, 0) is 11.4 Å². The summed E-state index contributed by atoms with van der Waals surface area (Å²) >= 11 is 1.48. The summed E-state index contributed by atoms with van der Waals surface area (Å²) in [6, 6.07) is 1.14. The lowest BCUT2D eigenvalue weighted by Crippen LogP contribution is -2.56. The summed E-state index contributed by atoms with van der Waals surface area (Å²) in [5.41, 5.74) is 0.806. The van der Waals surface area contributed by atoms with E-state index in [1.165, 1.54) is 17.7 Å². The summed E-state index contributed by atoms with van der Waals surface area (Å²) in [7, 11) is 0. The van der Waals surface area contributed by atoms with Crippen LogP contribution in [0.1, 0.15) is 6.42 Å².